The SMILES string of the molecule is COc1ccccc1-n1nc2c(c1-c1ccc(Cl)cc1)CN(C(=O)CNC(=O)O)C2. The van der Waals surface area contributed by atoms with Crippen molar-refractivity contribution < 1.29 is 19.4 Å². The van der Waals surface area contributed by atoms with Gasteiger partial charge in [0.15, 0.2) is 0 Å². The van der Waals surface area contributed by atoms with Crippen molar-refractivity contribution in [1.29, 1.82) is 0 Å². The molecule has 8 nitrogen and oxygen atoms in total. The van der Waals surface area contributed by atoms with Crippen LogP contribution < -0.4 is 10.1 Å². The molecule has 1 aliphatic heterocycles. The Balaban J connectivity index is 1.76. The van der Waals surface area contributed by atoms with Gasteiger partial charge in [0.2, 0.25) is 5.91 Å². The molecule has 0 unspecified atom stereocenters. The van der Waals surface area contributed by atoms with Crippen molar-refractivity contribution in [3.8, 4) is 22.7 Å². The zero-order chi connectivity index (χ0) is 21.3. The molecule has 2 aromatic carbocycles. The monoisotopic (exact) mass is 426 g/mol. The second-order valence-electron chi connectivity index (χ2n) is 6.77. The maximum absolute atomic E-state index is 12.4. The first-order chi connectivity index (χ1) is 14.5. The third kappa shape index (κ3) is 3.69. The number of hydrogen-bond donors (Lipinski definition) is 2. The first kappa shape index (κ1) is 19.8. The second-order valence-corrected chi connectivity index (χ2v) is 7.21. The summed E-state index contributed by atoms with van der Waals surface area (Å²) in [5, 5.41) is 16.3. The highest BCUT2D eigenvalue weighted by molar-refractivity contribution is 6.30. The van der Waals surface area contributed by atoms with Gasteiger partial charge in [-0.2, -0.15) is 5.10 Å². The maximum Gasteiger partial charge on any atom is 0.405 e. The van der Waals surface area contributed by atoms with E-state index in [9.17, 15) is 9.59 Å². The zero-order valence-corrected chi connectivity index (χ0v) is 16.9. The van der Waals surface area contributed by atoms with Crippen LogP contribution >= 0.6 is 11.6 Å². The van der Waals surface area contributed by atoms with Crippen LogP contribution in [0.15, 0.2) is 48.5 Å². The van der Waals surface area contributed by atoms with Crippen LogP contribution in [0.1, 0.15) is 11.3 Å². The highest BCUT2D eigenvalue weighted by Crippen LogP contribution is 2.37. The lowest BCUT2D eigenvalue weighted by Crippen LogP contribution is -2.37. The third-order valence-electron chi connectivity index (χ3n) is 4.93. The van der Waals surface area contributed by atoms with Crippen molar-refractivity contribution in [2.24, 2.45) is 0 Å². The van der Waals surface area contributed by atoms with E-state index in [1.807, 2.05) is 41.1 Å². The number of nitrogens with one attached hydrogen (secondary N) is 1. The molecule has 0 saturated heterocycles. The summed E-state index contributed by atoms with van der Waals surface area (Å²) in [6, 6.07) is 15.0. The molecular weight excluding hydrogens is 408 g/mol. The van der Waals surface area contributed by atoms with Crippen molar-refractivity contribution in [2.75, 3.05) is 13.7 Å². The van der Waals surface area contributed by atoms with Gasteiger partial charge in [-0.25, -0.2) is 9.48 Å². The van der Waals surface area contributed by atoms with E-state index in [-0.39, 0.29) is 12.5 Å². The zero-order valence-electron chi connectivity index (χ0n) is 16.1. The Morgan fingerprint density at radius 3 is 2.60 bits per heavy atom. The lowest BCUT2D eigenvalue weighted by atomic mass is 10.1. The lowest BCUT2D eigenvalue weighted by Gasteiger charge is -2.18. The minimum atomic E-state index is -1.23. The number of halogens is 1. The number of carbonyl (C=O) groups excluding carboxylic acids is 1. The van der Waals surface area contributed by atoms with Gasteiger partial charge < -0.3 is 20.1 Å². The van der Waals surface area contributed by atoms with Gasteiger partial charge in [-0.1, -0.05) is 35.9 Å². The smallest absolute Gasteiger partial charge is 0.405 e. The summed E-state index contributed by atoms with van der Waals surface area (Å²) in [7, 11) is 1.60. The molecule has 0 atom stereocenters. The summed E-state index contributed by atoms with van der Waals surface area (Å²) in [6.07, 6.45) is -1.23. The molecule has 0 aliphatic carbocycles. The molecule has 1 aromatic heterocycles. The Kier molecular flexibility index (Phi) is 5.33. The van der Waals surface area contributed by atoms with Gasteiger partial charge in [0.25, 0.3) is 0 Å². The van der Waals surface area contributed by atoms with Crippen molar-refractivity contribution in [3.63, 3.8) is 0 Å². The predicted octanol–water partition coefficient (Wildman–Crippen LogP) is 3.31. The molecule has 0 fully saturated rings. The van der Waals surface area contributed by atoms with Gasteiger partial charge in [-0.3, -0.25) is 4.79 Å². The van der Waals surface area contributed by atoms with Gasteiger partial charge in [-0.05, 0) is 24.3 Å². The number of carbonyl (C=O) groups is 2. The van der Waals surface area contributed by atoms with E-state index in [0.29, 0.717) is 23.9 Å². The standard InChI is InChI=1S/C21H19ClN4O4/c1-30-18-5-3-2-4-17(18)26-20(13-6-8-14(22)9-7-13)15-11-25(12-16(15)24-26)19(27)10-23-21(28)29/h2-9,23H,10-12H2,1H3,(H,28,29). The van der Waals surface area contributed by atoms with Crippen molar-refractivity contribution >= 4 is 23.6 Å². The molecule has 1 aliphatic rings. The molecule has 9 heteroatoms. The molecule has 2 amide bonds. The third-order valence-corrected chi connectivity index (χ3v) is 5.18. The molecule has 4 rings (SSSR count). The van der Waals surface area contributed by atoms with E-state index in [1.165, 1.54) is 0 Å². The van der Waals surface area contributed by atoms with Crippen molar-refractivity contribution in [1.82, 2.24) is 20.0 Å². The quantitative estimate of drug-likeness (QED) is 0.652. The highest BCUT2D eigenvalue weighted by Gasteiger charge is 2.31. The number of carboxylic acid groups (broad SMARTS) is 1. The van der Waals surface area contributed by atoms with E-state index in [2.05, 4.69) is 5.32 Å². The number of rotatable bonds is 5. The molecule has 0 bridgehead atoms. The number of ether oxygens (including phenoxy) is 1. The number of para-hydroxylation sites is 2. The number of fused-ring (bicyclic) bond motifs is 1. The fraction of sp³-hybridized carbons (Fsp3) is 0.190. The summed E-state index contributed by atoms with van der Waals surface area (Å²) in [6.45, 7) is 0.364. The number of methoxy groups -OCH3 is 1. The van der Waals surface area contributed by atoms with Crippen LogP contribution in [-0.4, -0.2) is 45.4 Å². The Labute approximate surface area is 177 Å². The van der Waals surface area contributed by atoms with Crippen LogP contribution in [0, 0.1) is 0 Å². The molecule has 2 heterocycles. The molecular formula is C21H19ClN4O4. The van der Waals surface area contributed by atoms with Crippen LogP contribution in [0.4, 0.5) is 4.79 Å². The fourth-order valence-corrected chi connectivity index (χ4v) is 3.67. The molecule has 0 saturated carbocycles. The van der Waals surface area contributed by atoms with E-state index in [0.717, 1.165) is 28.2 Å². The number of benzene rings is 2. The Bertz CT molecular complexity index is 1110. The summed E-state index contributed by atoms with van der Waals surface area (Å²) < 4.78 is 7.34. The van der Waals surface area contributed by atoms with E-state index in [1.54, 1.807) is 24.1 Å². The number of hydrogen-bond acceptors (Lipinski definition) is 4. The van der Waals surface area contributed by atoms with Gasteiger partial charge >= 0.3 is 6.09 Å². The van der Waals surface area contributed by atoms with Crippen LogP contribution in [-0.2, 0) is 17.9 Å². The van der Waals surface area contributed by atoms with E-state index in [4.69, 9.17) is 26.5 Å². The molecule has 3 aromatic rings. The molecule has 0 radical (unpaired) electrons. The van der Waals surface area contributed by atoms with Crippen LogP contribution in [0.5, 0.6) is 5.75 Å². The fourth-order valence-electron chi connectivity index (χ4n) is 3.54. The predicted molar refractivity (Wildman–Crippen MR) is 111 cm³/mol. The topological polar surface area (TPSA) is 96.7 Å². The summed E-state index contributed by atoms with van der Waals surface area (Å²) in [4.78, 5) is 24.7. The maximum atomic E-state index is 12.4. The highest BCUT2D eigenvalue weighted by atomic mass is 35.5. The first-order valence-electron chi connectivity index (χ1n) is 9.22. The summed E-state index contributed by atoms with van der Waals surface area (Å²) in [5.74, 6) is 0.369. The van der Waals surface area contributed by atoms with Gasteiger partial charge in [0, 0.05) is 16.1 Å². The number of aromatic nitrogens is 2. The summed E-state index contributed by atoms with van der Waals surface area (Å²) in [5.41, 5.74) is 4.19. The average molecular weight is 427 g/mol. The largest absolute Gasteiger partial charge is 0.494 e. The first-order valence-corrected chi connectivity index (χ1v) is 9.60. The van der Waals surface area contributed by atoms with Gasteiger partial charge in [0.1, 0.15) is 18.0 Å². The van der Waals surface area contributed by atoms with Crippen molar-refractivity contribution in [3.05, 3.63) is 64.8 Å². The Hall–Kier alpha value is -3.52. The lowest BCUT2D eigenvalue weighted by molar-refractivity contribution is -0.130. The van der Waals surface area contributed by atoms with E-state index >= 15 is 0 Å². The van der Waals surface area contributed by atoms with Crippen LogP contribution in [0.3, 0.4) is 0 Å². The molecule has 30 heavy (non-hydrogen) atoms. The molecule has 154 valence electrons. The van der Waals surface area contributed by atoms with Gasteiger partial charge in [-0.15, -0.1) is 0 Å². The van der Waals surface area contributed by atoms with Gasteiger partial charge in [0.05, 0.1) is 31.6 Å². The van der Waals surface area contributed by atoms with Crippen molar-refractivity contribution in [2.45, 2.75) is 13.1 Å². The molecule has 2 N–H and O–H groups in total. The number of amides is 2. The van der Waals surface area contributed by atoms with Crippen LogP contribution in [0.25, 0.3) is 16.9 Å². The minimum Gasteiger partial charge on any atom is -0.494 e. The van der Waals surface area contributed by atoms with E-state index < -0.39 is 6.09 Å². The average Bonchev–Trinajstić information content (AvgIpc) is 3.31. The Morgan fingerprint density at radius 1 is 1.17 bits per heavy atom. The second kappa shape index (κ2) is 8.08. The summed E-state index contributed by atoms with van der Waals surface area (Å²) >= 11 is 6.07. The van der Waals surface area contributed by atoms with Crippen LogP contribution in [0.2, 0.25) is 5.02 Å². The normalized spacial score (nSPS) is 12.5. The minimum absolute atomic E-state index is 0.275. The molecule has 0 spiro atoms. The Morgan fingerprint density at radius 2 is 1.90 bits per heavy atom. The number of nitrogens with zero attached hydrogens (tertiary/aromatic N) is 3.